The SMILES string of the molecule is Cc1ncc(NC(=O)c2cc(N3CCC[C@@H]3C)nc3c2CCOCC3)nc1C.Cl. The molecule has 1 fully saturated rings. The van der Waals surface area contributed by atoms with Gasteiger partial charge >= 0.3 is 0 Å². The maximum absolute atomic E-state index is 13.2. The van der Waals surface area contributed by atoms with Crippen LogP contribution in [0.15, 0.2) is 12.3 Å². The third kappa shape index (κ3) is 4.51. The van der Waals surface area contributed by atoms with E-state index in [2.05, 4.69) is 27.1 Å². The minimum Gasteiger partial charge on any atom is -0.381 e. The van der Waals surface area contributed by atoms with Crippen molar-refractivity contribution in [2.75, 3.05) is 30.0 Å². The van der Waals surface area contributed by atoms with Crippen molar-refractivity contribution >= 4 is 29.9 Å². The van der Waals surface area contributed by atoms with E-state index in [1.54, 1.807) is 6.20 Å². The van der Waals surface area contributed by atoms with Crippen molar-refractivity contribution < 1.29 is 9.53 Å². The third-order valence-corrected chi connectivity index (χ3v) is 5.70. The maximum Gasteiger partial charge on any atom is 0.257 e. The summed E-state index contributed by atoms with van der Waals surface area (Å²) in [5.41, 5.74) is 4.31. The van der Waals surface area contributed by atoms with Crippen molar-refractivity contribution in [3.63, 3.8) is 0 Å². The minimum atomic E-state index is -0.161. The second kappa shape index (κ2) is 9.05. The molecule has 0 spiro atoms. The molecule has 4 heterocycles. The van der Waals surface area contributed by atoms with Crippen LogP contribution in [0.2, 0.25) is 0 Å². The number of hydrogen-bond donors (Lipinski definition) is 1. The summed E-state index contributed by atoms with van der Waals surface area (Å²) in [4.78, 5) is 29.1. The van der Waals surface area contributed by atoms with Crippen molar-refractivity contribution in [3.05, 3.63) is 40.5 Å². The van der Waals surface area contributed by atoms with Crippen molar-refractivity contribution in [2.24, 2.45) is 0 Å². The molecule has 0 bridgehead atoms. The van der Waals surface area contributed by atoms with E-state index in [0.29, 0.717) is 37.1 Å². The Morgan fingerprint density at radius 1 is 1.21 bits per heavy atom. The summed E-state index contributed by atoms with van der Waals surface area (Å²) in [7, 11) is 0. The Morgan fingerprint density at radius 2 is 2.00 bits per heavy atom. The molecule has 1 N–H and O–H groups in total. The van der Waals surface area contributed by atoms with E-state index in [1.807, 2.05) is 19.9 Å². The van der Waals surface area contributed by atoms with Crippen LogP contribution in [0.5, 0.6) is 0 Å². The summed E-state index contributed by atoms with van der Waals surface area (Å²) in [6, 6.07) is 2.38. The van der Waals surface area contributed by atoms with Crippen molar-refractivity contribution in [3.8, 4) is 0 Å². The summed E-state index contributed by atoms with van der Waals surface area (Å²) in [5, 5.41) is 2.93. The zero-order chi connectivity index (χ0) is 19.7. The highest BCUT2D eigenvalue weighted by molar-refractivity contribution is 6.05. The number of nitrogens with one attached hydrogen (secondary N) is 1. The molecular weight excluding hydrogens is 390 g/mol. The van der Waals surface area contributed by atoms with E-state index < -0.39 is 0 Å². The van der Waals surface area contributed by atoms with Gasteiger partial charge in [-0.2, -0.15) is 0 Å². The summed E-state index contributed by atoms with van der Waals surface area (Å²) >= 11 is 0. The molecule has 0 aromatic carbocycles. The first kappa shape index (κ1) is 21.5. The summed E-state index contributed by atoms with van der Waals surface area (Å²) in [6.45, 7) is 8.24. The highest BCUT2D eigenvalue weighted by atomic mass is 35.5. The lowest BCUT2D eigenvalue weighted by Gasteiger charge is -2.25. The average Bonchev–Trinajstić information content (AvgIpc) is 2.96. The van der Waals surface area contributed by atoms with Crippen LogP contribution in [-0.4, -0.2) is 46.7 Å². The molecule has 2 aromatic heterocycles. The molecule has 0 saturated carbocycles. The molecule has 0 radical (unpaired) electrons. The Labute approximate surface area is 177 Å². The first-order valence-electron chi connectivity index (χ1n) is 10.0. The minimum absolute atomic E-state index is 0. The Bertz CT molecular complexity index is 905. The van der Waals surface area contributed by atoms with E-state index in [4.69, 9.17) is 9.72 Å². The molecule has 8 heteroatoms. The number of ether oxygens (including phenoxy) is 1. The summed E-state index contributed by atoms with van der Waals surface area (Å²) in [6.07, 6.45) is 5.34. The average molecular weight is 418 g/mol. The van der Waals surface area contributed by atoms with Crippen molar-refractivity contribution in [2.45, 2.75) is 52.5 Å². The number of rotatable bonds is 3. The van der Waals surface area contributed by atoms with E-state index in [9.17, 15) is 4.79 Å². The first-order valence-corrected chi connectivity index (χ1v) is 10.0. The predicted molar refractivity (Wildman–Crippen MR) is 115 cm³/mol. The van der Waals surface area contributed by atoms with Crippen LogP contribution >= 0.6 is 12.4 Å². The highest BCUT2D eigenvalue weighted by Gasteiger charge is 2.26. The van der Waals surface area contributed by atoms with Gasteiger partial charge in [-0.15, -0.1) is 12.4 Å². The number of nitrogens with zero attached hydrogens (tertiary/aromatic N) is 4. The standard InChI is InChI=1S/C21H27N5O2.ClH/c1-13-5-4-8-26(13)20-11-17(16-6-9-28-10-7-18(16)24-20)21(27)25-19-12-22-14(2)15(3)23-19;/h11-13H,4-10H2,1-3H3,(H,23,25,27);1H/t13-;/m0./s1. The molecule has 0 aliphatic carbocycles. The molecule has 0 unspecified atom stereocenters. The largest absolute Gasteiger partial charge is 0.381 e. The monoisotopic (exact) mass is 417 g/mol. The molecule has 7 nitrogen and oxygen atoms in total. The van der Waals surface area contributed by atoms with Crippen LogP contribution in [0, 0.1) is 13.8 Å². The topological polar surface area (TPSA) is 80.2 Å². The fraction of sp³-hybridized carbons (Fsp3) is 0.524. The molecule has 1 amide bonds. The quantitative estimate of drug-likeness (QED) is 0.825. The Hall–Kier alpha value is -2.25. The lowest BCUT2D eigenvalue weighted by molar-refractivity contribution is 0.102. The van der Waals surface area contributed by atoms with E-state index in [-0.39, 0.29) is 18.3 Å². The second-order valence-electron chi connectivity index (χ2n) is 7.63. The number of aryl methyl sites for hydroxylation is 2. The molecule has 156 valence electrons. The molecule has 2 aliphatic rings. The van der Waals surface area contributed by atoms with Gasteiger partial charge in [0.25, 0.3) is 5.91 Å². The van der Waals surface area contributed by atoms with Crippen molar-refractivity contribution in [1.82, 2.24) is 15.0 Å². The van der Waals surface area contributed by atoms with Crippen LogP contribution < -0.4 is 10.2 Å². The number of pyridine rings is 1. The fourth-order valence-corrected chi connectivity index (χ4v) is 3.95. The number of aromatic nitrogens is 3. The van der Waals surface area contributed by atoms with Crippen molar-refractivity contribution in [1.29, 1.82) is 0 Å². The van der Waals surface area contributed by atoms with Gasteiger partial charge in [-0.25, -0.2) is 9.97 Å². The molecule has 4 rings (SSSR count). The lowest BCUT2D eigenvalue weighted by atomic mass is 10.0. The van der Waals surface area contributed by atoms with Crippen LogP contribution in [0.1, 0.15) is 52.8 Å². The molecule has 2 aliphatic heterocycles. The van der Waals surface area contributed by atoms with Gasteiger partial charge in [0.15, 0.2) is 5.82 Å². The third-order valence-electron chi connectivity index (χ3n) is 5.70. The van der Waals surface area contributed by atoms with Gasteiger partial charge < -0.3 is 15.0 Å². The van der Waals surface area contributed by atoms with Gasteiger partial charge in [0, 0.05) is 30.3 Å². The van der Waals surface area contributed by atoms with Gasteiger partial charge in [0.1, 0.15) is 5.82 Å². The van der Waals surface area contributed by atoms with Crippen LogP contribution in [-0.2, 0) is 17.6 Å². The maximum atomic E-state index is 13.2. The number of halogens is 1. The molecular formula is C21H28ClN5O2. The summed E-state index contributed by atoms with van der Waals surface area (Å²) < 4.78 is 5.64. The van der Waals surface area contributed by atoms with Gasteiger partial charge in [0.05, 0.1) is 30.8 Å². The zero-order valence-electron chi connectivity index (χ0n) is 17.2. The smallest absolute Gasteiger partial charge is 0.257 e. The zero-order valence-corrected chi connectivity index (χ0v) is 18.0. The van der Waals surface area contributed by atoms with Gasteiger partial charge in [-0.05, 0) is 51.7 Å². The van der Waals surface area contributed by atoms with Gasteiger partial charge in [0.2, 0.25) is 0 Å². The number of carbonyl (C=O) groups excluding carboxylic acids is 1. The predicted octanol–water partition coefficient (Wildman–Crippen LogP) is 3.27. The number of hydrogen-bond acceptors (Lipinski definition) is 6. The van der Waals surface area contributed by atoms with Gasteiger partial charge in [-0.1, -0.05) is 0 Å². The Morgan fingerprint density at radius 3 is 2.72 bits per heavy atom. The number of anilines is 2. The number of fused-ring (bicyclic) bond motifs is 1. The lowest BCUT2D eigenvalue weighted by Crippen LogP contribution is -2.28. The highest BCUT2D eigenvalue weighted by Crippen LogP contribution is 2.29. The molecule has 1 saturated heterocycles. The summed E-state index contributed by atoms with van der Waals surface area (Å²) in [5.74, 6) is 1.20. The van der Waals surface area contributed by atoms with E-state index >= 15 is 0 Å². The molecule has 2 aromatic rings. The Balaban J connectivity index is 0.00000240. The second-order valence-corrected chi connectivity index (χ2v) is 7.63. The molecule has 1 atom stereocenters. The van der Waals surface area contributed by atoms with Crippen LogP contribution in [0.25, 0.3) is 0 Å². The number of amides is 1. The van der Waals surface area contributed by atoms with Crippen LogP contribution in [0.3, 0.4) is 0 Å². The fourth-order valence-electron chi connectivity index (χ4n) is 3.95. The van der Waals surface area contributed by atoms with E-state index in [1.165, 1.54) is 0 Å². The normalized spacial score (nSPS) is 18.6. The Kier molecular flexibility index (Phi) is 6.70. The van der Waals surface area contributed by atoms with E-state index in [0.717, 1.165) is 54.3 Å². The van der Waals surface area contributed by atoms with Crippen LogP contribution in [0.4, 0.5) is 11.6 Å². The first-order chi connectivity index (χ1) is 13.5. The molecule has 29 heavy (non-hydrogen) atoms. The van der Waals surface area contributed by atoms with Gasteiger partial charge in [-0.3, -0.25) is 9.78 Å². The number of carbonyl (C=O) groups is 1.